The highest BCUT2D eigenvalue weighted by Crippen LogP contribution is 2.17. The van der Waals surface area contributed by atoms with Crippen molar-refractivity contribution in [1.82, 2.24) is 14.7 Å². The van der Waals surface area contributed by atoms with Crippen LogP contribution in [0.5, 0.6) is 0 Å². The number of aromatic nitrogens is 2. The van der Waals surface area contributed by atoms with E-state index in [1.807, 2.05) is 41.4 Å². The summed E-state index contributed by atoms with van der Waals surface area (Å²) in [5.41, 5.74) is 1.99. The molecule has 1 fully saturated rings. The molecule has 0 aliphatic carbocycles. The van der Waals surface area contributed by atoms with E-state index in [1.165, 1.54) is 0 Å². The Hall–Kier alpha value is -2.14. The van der Waals surface area contributed by atoms with E-state index in [4.69, 9.17) is 5.11 Å². The SMILES string of the molecule is O=C(Cc1ccc(-n2cccn2)cc1)N1CCC(CO)C1. The zero-order valence-corrected chi connectivity index (χ0v) is 11.9. The average molecular weight is 285 g/mol. The van der Waals surface area contributed by atoms with Crippen molar-refractivity contribution in [3.63, 3.8) is 0 Å². The van der Waals surface area contributed by atoms with Crippen LogP contribution in [0.2, 0.25) is 0 Å². The monoisotopic (exact) mass is 285 g/mol. The number of rotatable bonds is 4. The molecule has 0 bridgehead atoms. The Morgan fingerprint density at radius 3 is 2.76 bits per heavy atom. The van der Waals surface area contributed by atoms with Gasteiger partial charge < -0.3 is 10.0 Å². The lowest BCUT2D eigenvalue weighted by Gasteiger charge is -2.16. The first-order chi connectivity index (χ1) is 10.3. The standard InChI is InChI=1S/C16H19N3O2/c20-12-14-6-9-18(11-14)16(21)10-13-2-4-15(5-3-13)19-8-1-7-17-19/h1-5,7-8,14,20H,6,9-12H2. The zero-order valence-electron chi connectivity index (χ0n) is 11.9. The summed E-state index contributed by atoms with van der Waals surface area (Å²) < 4.78 is 1.79. The van der Waals surface area contributed by atoms with Gasteiger partial charge in [-0.2, -0.15) is 5.10 Å². The third-order valence-electron chi connectivity index (χ3n) is 3.96. The molecule has 1 amide bonds. The van der Waals surface area contributed by atoms with E-state index in [0.29, 0.717) is 13.0 Å². The van der Waals surface area contributed by atoms with Crippen molar-refractivity contribution in [2.45, 2.75) is 12.8 Å². The highest BCUT2D eigenvalue weighted by atomic mass is 16.3. The molecule has 1 aromatic carbocycles. The van der Waals surface area contributed by atoms with Crippen molar-refractivity contribution in [3.8, 4) is 5.69 Å². The van der Waals surface area contributed by atoms with Crippen LogP contribution in [0.3, 0.4) is 0 Å². The molecule has 3 rings (SSSR count). The van der Waals surface area contributed by atoms with Crippen LogP contribution < -0.4 is 0 Å². The van der Waals surface area contributed by atoms with Crippen LogP contribution in [0.25, 0.3) is 5.69 Å². The van der Waals surface area contributed by atoms with E-state index in [1.54, 1.807) is 10.9 Å². The molecule has 0 radical (unpaired) electrons. The molecular formula is C16H19N3O2. The molecular weight excluding hydrogens is 266 g/mol. The minimum Gasteiger partial charge on any atom is -0.396 e. The summed E-state index contributed by atoms with van der Waals surface area (Å²) in [7, 11) is 0. The number of benzene rings is 1. The molecule has 1 atom stereocenters. The highest BCUT2D eigenvalue weighted by Gasteiger charge is 2.25. The molecule has 5 nitrogen and oxygen atoms in total. The van der Waals surface area contributed by atoms with E-state index in [0.717, 1.165) is 24.2 Å². The molecule has 1 aliphatic heterocycles. The summed E-state index contributed by atoms with van der Waals surface area (Å²) in [4.78, 5) is 14.1. The largest absolute Gasteiger partial charge is 0.396 e. The van der Waals surface area contributed by atoms with Crippen molar-refractivity contribution in [1.29, 1.82) is 0 Å². The molecule has 1 N–H and O–H groups in total. The molecule has 2 heterocycles. The van der Waals surface area contributed by atoms with Gasteiger partial charge in [-0.05, 0) is 30.2 Å². The molecule has 1 aromatic heterocycles. The van der Waals surface area contributed by atoms with Gasteiger partial charge in [-0.25, -0.2) is 4.68 Å². The molecule has 0 spiro atoms. The Kier molecular flexibility index (Phi) is 4.01. The number of likely N-dealkylation sites (tertiary alicyclic amines) is 1. The predicted octanol–water partition coefficient (Wildman–Crippen LogP) is 1.26. The number of aliphatic hydroxyl groups is 1. The van der Waals surface area contributed by atoms with Gasteiger partial charge in [-0.3, -0.25) is 4.79 Å². The Balaban J connectivity index is 1.62. The number of hydrogen-bond donors (Lipinski definition) is 1. The Morgan fingerprint density at radius 2 is 2.14 bits per heavy atom. The maximum absolute atomic E-state index is 12.2. The maximum atomic E-state index is 12.2. The molecule has 110 valence electrons. The first-order valence-electron chi connectivity index (χ1n) is 7.24. The highest BCUT2D eigenvalue weighted by molar-refractivity contribution is 5.79. The molecule has 21 heavy (non-hydrogen) atoms. The summed E-state index contributed by atoms with van der Waals surface area (Å²) in [5, 5.41) is 13.3. The second-order valence-electron chi connectivity index (χ2n) is 5.47. The first-order valence-corrected chi connectivity index (χ1v) is 7.24. The van der Waals surface area contributed by atoms with Crippen LogP contribution in [-0.4, -0.2) is 45.4 Å². The number of hydrogen-bond acceptors (Lipinski definition) is 3. The van der Waals surface area contributed by atoms with Gasteiger partial charge in [0.15, 0.2) is 0 Å². The smallest absolute Gasteiger partial charge is 0.227 e. The fourth-order valence-electron chi connectivity index (χ4n) is 2.68. The van der Waals surface area contributed by atoms with Crippen molar-refractivity contribution in [2.24, 2.45) is 5.92 Å². The Labute approximate surface area is 123 Å². The van der Waals surface area contributed by atoms with Crippen molar-refractivity contribution >= 4 is 5.91 Å². The molecule has 0 saturated carbocycles. The minimum absolute atomic E-state index is 0.137. The van der Waals surface area contributed by atoms with Crippen LogP contribution in [0.1, 0.15) is 12.0 Å². The lowest BCUT2D eigenvalue weighted by molar-refractivity contribution is -0.129. The van der Waals surface area contributed by atoms with E-state index >= 15 is 0 Å². The summed E-state index contributed by atoms with van der Waals surface area (Å²) >= 11 is 0. The lowest BCUT2D eigenvalue weighted by atomic mass is 10.1. The van der Waals surface area contributed by atoms with Crippen molar-refractivity contribution < 1.29 is 9.90 Å². The van der Waals surface area contributed by atoms with Crippen molar-refractivity contribution in [3.05, 3.63) is 48.3 Å². The Morgan fingerprint density at radius 1 is 1.33 bits per heavy atom. The van der Waals surface area contributed by atoms with E-state index in [2.05, 4.69) is 5.10 Å². The van der Waals surface area contributed by atoms with Crippen LogP contribution >= 0.6 is 0 Å². The average Bonchev–Trinajstić information content (AvgIpc) is 3.19. The van der Waals surface area contributed by atoms with E-state index < -0.39 is 0 Å². The summed E-state index contributed by atoms with van der Waals surface area (Å²) in [6.45, 7) is 1.61. The fraction of sp³-hybridized carbons (Fsp3) is 0.375. The summed E-state index contributed by atoms with van der Waals surface area (Å²) in [6, 6.07) is 9.75. The topological polar surface area (TPSA) is 58.4 Å². The van der Waals surface area contributed by atoms with Gasteiger partial charge in [0.05, 0.1) is 12.1 Å². The predicted molar refractivity (Wildman–Crippen MR) is 79.0 cm³/mol. The second kappa shape index (κ2) is 6.10. The van der Waals surface area contributed by atoms with E-state index in [9.17, 15) is 4.79 Å². The minimum atomic E-state index is 0.137. The third kappa shape index (κ3) is 3.13. The van der Waals surface area contributed by atoms with Crippen LogP contribution in [-0.2, 0) is 11.2 Å². The van der Waals surface area contributed by atoms with Gasteiger partial charge >= 0.3 is 0 Å². The quantitative estimate of drug-likeness (QED) is 0.920. The van der Waals surface area contributed by atoms with Crippen LogP contribution in [0.15, 0.2) is 42.7 Å². The second-order valence-corrected chi connectivity index (χ2v) is 5.47. The summed E-state index contributed by atoms with van der Waals surface area (Å²) in [5.74, 6) is 0.383. The van der Waals surface area contributed by atoms with Gasteiger partial charge in [0.25, 0.3) is 0 Å². The van der Waals surface area contributed by atoms with E-state index in [-0.39, 0.29) is 18.4 Å². The summed E-state index contributed by atoms with van der Waals surface area (Å²) in [6.07, 6.45) is 4.94. The fourth-order valence-corrected chi connectivity index (χ4v) is 2.68. The third-order valence-corrected chi connectivity index (χ3v) is 3.96. The van der Waals surface area contributed by atoms with Crippen molar-refractivity contribution in [2.75, 3.05) is 19.7 Å². The number of carbonyl (C=O) groups is 1. The van der Waals surface area contributed by atoms with Crippen LogP contribution in [0.4, 0.5) is 0 Å². The molecule has 1 unspecified atom stereocenters. The maximum Gasteiger partial charge on any atom is 0.227 e. The van der Waals surface area contributed by atoms with Gasteiger partial charge in [0.1, 0.15) is 0 Å². The zero-order chi connectivity index (χ0) is 14.7. The Bertz CT molecular complexity index is 592. The molecule has 1 saturated heterocycles. The molecule has 5 heteroatoms. The van der Waals surface area contributed by atoms with Gasteiger partial charge in [0, 0.05) is 38.0 Å². The van der Waals surface area contributed by atoms with Gasteiger partial charge in [0.2, 0.25) is 5.91 Å². The normalized spacial score (nSPS) is 18.1. The van der Waals surface area contributed by atoms with Gasteiger partial charge in [-0.15, -0.1) is 0 Å². The number of amides is 1. The van der Waals surface area contributed by atoms with Gasteiger partial charge in [-0.1, -0.05) is 12.1 Å². The molecule has 2 aromatic rings. The first kappa shape index (κ1) is 13.8. The lowest BCUT2D eigenvalue weighted by Crippen LogP contribution is -2.30. The molecule has 1 aliphatic rings. The van der Waals surface area contributed by atoms with Crippen LogP contribution in [0, 0.1) is 5.92 Å². The number of nitrogens with zero attached hydrogens (tertiary/aromatic N) is 3. The number of carbonyl (C=O) groups excluding carboxylic acids is 1. The number of aliphatic hydroxyl groups excluding tert-OH is 1.